The maximum atomic E-state index is 4.48. The summed E-state index contributed by atoms with van der Waals surface area (Å²) in [6, 6.07) is 9.03. The van der Waals surface area contributed by atoms with Crippen molar-refractivity contribution < 1.29 is 18.3 Å². The van der Waals surface area contributed by atoms with E-state index in [2.05, 4.69) is 52.9 Å². The molecule has 0 saturated heterocycles. The summed E-state index contributed by atoms with van der Waals surface area (Å²) in [6.45, 7) is 0.972. The normalized spacial score (nSPS) is 28.8. The molecule has 14 heavy (non-hydrogen) atoms. The van der Waals surface area contributed by atoms with Crippen LogP contribution in [0.1, 0.15) is 17.9 Å². The molecule has 1 aromatic rings. The molecular weight excluding hydrogens is 261 g/mol. The van der Waals surface area contributed by atoms with Crippen LogP contribution in [0.2, 0.25) is 0 Å². The van der Waals surface area contributed by atoms with Gasteiger partial charge in [0.15, 0.2) is 0 Å². The average molecular weight is 272 g/mol. The molecule has 0 bridgehead atoms. The topological polar surface area (TPSA) is 24.4 Å². The summed E-state index contributed by atoms with van der Waals surface area (Å²) < 4.78 is 1.19. The van der Waals surface area contributed by atoms with Crippen LogP contribution in [0.4, 0.5) is 5.69 Å². The molecule has 2 unspecified atom stereocenters. The summed E-state index contributed by atoms with van der Waals surface area (Å²) in [5, 5.41) is 3.54. The van der Waals surface area contributed by atoms with E-state index < -0.39 is 0 Å². The first-order chi connectivity index (χ1) is 6.86. The zero-order valence-corrected chi connectivity index (χ0v) is 9.42. The third-order valence-electron chi connectivity index (χ3n) is 3.02. The standard InChI is InChI=1S/C11H11N2.Ru/c1-2-4-10-8(3-1)9-5-6-12-7-11(9)13-10;/h1-4,9,11,13H,5-6H2;. The predicted octanol–water partition coefficient (Wildman–Crippen LogP) is 1.91. The van der Waals surface area contributed by atoms with Gasteiger partial charge in [-0.25, -0.2) is 0 Å². The Kier molecular flexibility index (Phi) is 1.95. The average Bonchev–Trinajstić information content (AvgIpc) is 2.59. The number of anilines is 1. The van der Waals surface area contributed by atoms with Crippen molar-refractivity contribution in [3.05, 3.63) is 29.8 Å². The van der Waals surface area contributed by atoms with Crippen molar-refractivity contribution in [3.63, 3.8) is 0 Å². The molecule has 0 saturated carbocycles. The number of nitrogens with one attached hydrogen (secondary N) is 1. The molecule has 2 heterocycles. The third-order valence-corrected chi connectivity index (χ3v) is 3.84. The molecule has 3 heteroatoms. The summed E-state index contributed by atoms with van der Waals surface area (Å²) in [6.07, 6.45) is 1.18. The maximum absolute atomic E-state index is 4.48. The van der Waals surface area contributed by atoms with Gasteiger partial charge in [-0.1, -0.05) is 0 Å². The van der Waals surface area contributed by atoms with E-state index in [1.165, 1.54) is 22.0 Å². The van der Waals surface area contributed by atoms with E-state index in [0.29, 0.717) is 12.0 Å². The van der Waals surface area contributed by atoms with E-state index in [0.717, 1.165) is 6.54 Å². The van der Waals surface area contributed by atoms with Crippen molar-refractivity contribution >= 4 is 9.99 Å². The molecule has 2 aliphatic heterocycles. The van der Waals surface area contributed by atoms with Gasteiger partial charge in [-0.15, -0.1) is 0 Å². The minimum absolute atomic E-state index is 0.428. The Labute approximate surface area is 93.5 Å². The van der Waals surface area contributed by atoms with E-state index >= 15 is 0 Å². The van der Waals surface area contributed by atoms with Crippen LogP contribution in [0.25, 0.3) is 0 Å². The molecule has 73 valence electrons. The SMILES string of the molecule is [Ru][C]1=NCCC2c3ccccc3NC12. The number of rotatable bonds is 0. The van der Waals surface area contributed by atoms with Gasteiger partial charge < -0.3 is 0 Å². The molecule has 0 amide bonds. The van der Waals surface area contributed by atoms with E-state index in [-0.39, 0.29) is 0 Å². The Balaban J connectivity index is 2.07. The fourth-order valence-corrected chi connectivity index (χ4v) is 3.02. The Bertz CT molecular complexity index is 400. The molecule has 1 N–H and O–H groups in total. The molecule has 3 rings (SSSR count). The number of para-hydroxylation sites is 1. The van der Waals surface area contributed by atoms with Gasteiger partial charge in [0.25, 0.3) is 0 Å². The molecule has 0 aliphatic carbocycles. The first kappa shape index (κ1) is 8.61. The van der Waals surface area contributed by atoms with Crippen LogP contribution in [0.15, 0.2) is 29.3 Å². The predicted molar refractivity (Wildman–Crippen MR) is 53.5 cm³/mol. The third kappa shape index (κ3) is 1.15. The molecule has 2 aliphatic rings. The second-order valence-electron chi connectivity index (χ2n) is 3.80. The van der Waals surface area contributed by atoms with Gasteiger partial charge in [-0.3, -0.25) is 0 Å². The zero-order chi connectivity index (χ0) is 9.54. The Morgan fingerprint density at radius 2 is 2.21 bits per heavy atom. The summed E-state index contributed by atoms with van der Waals surface area (Å²) in [7, 11) is 0. The Morgan fingerprint density at radius 3 is 3.14 bits per heavy atom. The van der Waals surface area contributed by atoms with Crippen LogP contribution in [0.5, 0.6) is 0 Å². The fourth-order valence-electron chi connectivity index (χ4n) is 2.35. The molecule has 1 aromatic carbocycles. The van der Waals surface area contributed by atoms with Crippen LogP contribution in [-0.2, 0) is 18.3 Å². The molecule has 2 atom stereocenters. The number of nitrogens with zero attached hydrogens (tertiary/aromatic N) is 1. The van der Waals surface area contributed by atoms with Gasteiger partial charge in [0.1, 0.15) is 0 Å². The van der Waals surface area contributed by atoms with Crippen molar-refractivity contribution in [1.82, 2.24) is 0 Å². The quantitative estimate of drug-likeness (QED) is 0.717. The zero-order valence-electron chi connectivity index (χ0n) is 7.68. The molecule has 2 nitrogen and oxygen atoms in total. The van der Waals surface area contributed by atoms with E-state index in [1.807, 2.05) is 0 Å². The number of aliphatic imine (C=N–C) groups is 1. The van der Waals surface area contributed by atoms with Crippen molar-refractivity contribution in [2.75, 3.05) is 11.9 Å². The van der Waals surface area contributed by atoms with Gasteiger partial charge in [0, 0.05) is 0 Å². The fraction of sp³-hybridized carbons (Fsp3) is 0.364. The Hall–Kier alpha value is -0.687. The Morgan fingerprint density at radius 1 is 1.36 bits per heavy atom. The second-order valence-corrected chi connectivity index (χ2v) is 4.69. The number of fused-ring (bicyclic) bond motifs is 3. The second kappa shape index (κ2) is 3.17. The van der Waals surface area contributed by atoms with E-state index in [1.54, 1.807) is 0 Å². The molecule has 0 radical (unpaired) electrons. The van der Waals surface area contributed by atoms with Crippen LogP contribution in [0, 0.1) is 0 Å². The minimum atomic E-state index is 0.428. The number of benzene rings is 1. The van der Waals surface area contributed by atoms with Crippen LogP contribution in [0.3, 0.4) is 0 Å². The van der Waals surface area contributed by atoms with E-state index in [4.69, 9.17) is 0 Å². The first-order valence-electron chi connectivity index (χ1n) is 4.90. The van der Waals surface area contributed by atoms with Crippen molar-refractivity contribution in [2.45, 2.75) is 18.4 Å². The summed E-state index contributed by atoms with van der Waals surface area (Å²) in [4.78, 5) is 4.48. The van der Waals surface area contributed by atoms with Gasteiger partial charge in [0.2, 0.25) is 0 Å². The molecular formula is C11H11N2Ru. The first-order valence-corrected chi connectivity index (χ1v) is 5.77. The van der Waals surface area contributed by atoms with Crippen LogP contribution >= 0.6 is 0 Å². The van der Waals surface area contributed by atoms with Crippen molar-refractivity contribution in [1.29, 1.82) is 0 Å². The summed E-state index contributed by atoms with van der Waals surface area (Å²) in [5.74, 6) is 0.639. The van der Waals surface area contributed by atoms with Crippen molar-refractivity contribution in [2.24, 2.45) is 4.99 Å². The summed E-state index contributed by atoms with van der Waals surface area (Å²) in [5.41, 5.74) is 2.76. The van der Waals surface area contributed by atoms with Crippen LogP contribution in [-0.4, -0.2) is 16.9 Å². The number of hydrogen-bond donors (Lipinski definition) is 1. The molecule has 0 spiro atoms. The van der Waals surface area contributed by atoms with Gasteiger partial charge >= 0.3 is 93.4 Å². The van der Waals surface area contributed by atoms with Crippen LogP contribution < -0.4 is 5.32 Å². The van der Waals surface area contributed by atoms with Crippen molar-refractivity contribution in [3.8, 4) is 0 Å². The molecule has 0 aromatic heterocycles. The van der Waals surface area contributed by atoms with Gasteiger partial charge in [0.05, 0.1) is 0 Å². The monoisotopic (exact) mass is 273 g/mol. The van der Waals surface area contributed by atoms with Gasteiger partial charge in [-0.2, -0.15) is 0 Å². The van der Waals surface area contributed by atoms with Gasteiger partial charge in [-0.05, 0) is 0 Å². The number of hydrogen-bond acceptors (Lipinski definition) is 2. The summed E-state index contributed by atoms with van der Waals surface area (Å²) >= 11 is 2.66. The van der Waals surface area contributed by atoms with E-state index in [9.17, 15) is 0 Å². The molecule has 0 fully saturated rings.